The fourth-order valence-corrected chi connectivity index (χ4v) is 3.52. The molecule has 23 heavy (non-hydrogen) atoms. The maximum Gasteiger partial charge on any atom is 0.265 e. The lowest BCUT2D eigenvalue weighted by Gasteiger charge is -2.11. The topological polar surface area (TPSA) is 64.0 Å². The van der Waals surface area contributed by atoms with Gasteiger partial charge in [0, 0.05) is 7.05 Å². The number of nitrogens with one attached hydrogen (secondary N) is 1. The van der Waals surface area contributed by atoms with Gasteiger partial charge in [-0.3, -0.25) is 9.40 Å². The number of rotatable bonds is 3. The zero-order chi connectivity index (χ0) is 17.7. The second-order valence-electron chi connectivity index (χ2n) is 4.67. The Balaban J connectivity index is 2.64. The predicted octanol–water partition coefficient (Wildman–Crippen LogP) is 2.53. The van der Waals surface area contributed by atoms with Crippen molar-refractivity contribution >= 4 is 15.7 Å². The van der Waals surface area contributed by atoms with Crippen molar-refractivity contribution in [2.45, 2.75) is 18.7 Å². The van der Waals surface area contributed by atoms with Crippen molar-refractivity contribution < 1.29 is 30.4 Å². The molecule has 0 radical (unpaired) electrons. The first-order valence-electron chi connectivity index (χ1n) is 6.03. The highest BCUT2D eigenvalue weighted by molar-refractivity contribution is 7.92. The van der Waals surface area contributed by atoms with Crippen LogP contribution in [0.3, 0.4) is 0 Å². The smallest absolute Gasteiger partial charge is 0.265 e. The highest BCUT2D eigenvalue weighted by atomic mass is 32.2. The molecule has 2 rings (SSSR count). The van der Waals surface area contributed by atoms with Crippen LogP contribution >= 0.6 is 0 Å². The second-order valence-corrected chi connectivity index (χ2v) is 6.29. The van der Waals surface area contributed by atoms with Gasteiger partial charge in [0.2, 0.25) is 5.82 Å². The minimum Gasteiger partial charge on any atom is -0.274 e. The number of sulfonamides is 1. The summed E-state index contributed by atoms with van der Waals surface area (Å²) in [6.45, 7) is 2.69. The molecule has 0 atom stereocenters. The zero-order valence-corrected chi connectivity index (χ0v) is 12.8. The van der Waals surface area contributed by atoms with Gasteiger partial charge >= 0.3 is 0 Å². The summed E-state index contributed by atoms with van der Waals surface area (Å²) >= 11 is 0. The van der Waals surface area contributed by atoms with Gasteiger partial charge in [0.15, 0.2) is 23.3 Å². The molecule has 0 unspecified atom stereocenters. The molecule has 0 aliphatic rings. The Morgan fingerprint density at radius 2 is 1.35 bits per heavy atom. The largest absolute Gasteiger partial charge is 0.274 e. The van der Waals surface area contributed by atoms with E-state index in [-0.39, 0.29) is 11.4 Å². The van der Waals surface area contributed by atoms with Gasteiger partial charge in [0.05, 0.1) is 11.4 Å². The first-order chi connectivity index (χ1) is 10.5. The van der Waals surface area contributed by atoms with Crippen LogP contribution in [-0.4, -0.2) is 18.2 Å². The van der Waals surface area contributed by atoms with Crippen molar-refractivity contribution in [1.29, 1.82) is 0 Å². The fourth-order valence-electron chi connectivity index (χ4n) is 2.02. The number of hydrogen-bond acceptors (Lipinski definition) is 3. The minimum atomic E-state index is -4.61. The highest BCUT2D eigenvalue weighted by Gasteiger charge is 2.31. The monoisotopic (exact) mass is 355 g/mol. The Bertz CT molecular complexity index is 879. The molecular formula is C12H10F5N3O2S. The molecule has 0 bridgehead atoms. The lowest BCUT2D eigenvalue weighted by molar-refractivity contribution is 0.382. The Labute approximate surface area is 127 Å². The number of aryl methyl sites for hydroxylation is 2. The average Bonchev–Trinajstić information content (AvgIpc) is 2.73. The molecule has 2 aromatic rings. The first kappa shape index (κ1) is 17.2. The molecule has 0 saturated heterocycles. The fraction of sp³-hybridized carbons (Fsp3) is 0.250. The quantitative estimate of drug-likeness (QED) is 0.523. The van der Waals surface area contributed by atoms with Crippen LogP contribution in [0.25, 0.3) is 0 Å². The molecule has 11 heteroatoms. The Kier molecular flexibility index (Phi) is 4.09. The van der Waals surface area contributed by atoms with Gasteiger partial charge in [-0.25, -0.2) is 30.4 Å². The van der Waals surface area contributed by atoms with E-state index in [1.165, 1.54) is 30.3 Å². The predicted molar refractivity (Wildman–Crippen MR) is 69.7 cm³/mol. The van der Waals surface area contributed by atoms with E-state index in [9.17, 15) is 30.4 Å². The maximum atomic E-state index is 13.6. The lowest BCUT2D eigenvalue weighted by Crippen LogP contribution is -2.18. The third-order valence-electron chi connectivity index (χ3n) is 3.16. The molecule has 0 spiro atoms. The van der Waals surface area contributed by atoms with Crippen molar-refractivity contribution in [3.63, 3.8) is 0 Å². The third kappa shape index (κ3) is 2.64. The minimum absolute atomic E-state index is 0.00127. The van der Waals surface area contributed by atoms with E-state index in [1.807, 2.05) is 0 Å². The van der Waals surface area contributed by atoms with Gasteiger partial charge in [0.25, 0.3) is 10.0 Å². The summed E-state index contributed by atoms with van der Waals surface area (Å²) in [5.74, 6) is -11.4. The van der Waals surface area contributed by atoms with Crippen molar-refractivity contribution in [2.75, 3.05) is 4.72 Å². The lowest BCUT2D eigenvalue weighted by atomic mass is 10.2. The van der Waals surface area contributed by atoms with Crippen LogP contribution in [0.2, 0.25) is 0 Å². The van der Waals surface area contributed by atoms with E-state index >= 15 is 0 Å². The van der Waals surface area contributed by atoms with Gasteiger partial charge in [0.1, 0.15) is 10.6 Å². The van der Waals surface area contributed by atoms with Gasteiger partial charge in [-0.1, -0.05) is 0 Å². The molecule has 1 aromatic carbocycles. The number of aromatic nitrogens is 2. The molecule has 0 amide bonds. The number of halogens is 5. The van der Waals surface area contributed by atoms with Crippen molar-refractivity contribution in [2.24, 2.45) is 7.05 Å². The first-order valence-corrected chi connectivity index (χ1v) is 7.51. The molecule has 5 nitrogen and oxygen atoms in total. The molecule has 0 aliphatic carbocycles. The Morgan fingerprint density at radius 1 is 0.913 bits per heavy atom. The van der Waals surface area contributed by atoms with Crippen LogP contribution in [0.4, 0.5) is 27.6 Å². The number of anilines is 1. The second kappa shape index (κ2) is 5.48. The van der Waals surface area contributed by atoms with Crippen molar-refractivity contribution in [3.05, 3.63) is 40.5 Å². The third-order valence-corrected chi connectivity index (χ3v) is 4.76. The molecule has 1 heterocycles. The van der Waals surface area contributed by atoms with E-state index in [2.05, 4.69) is 5.10 Å². The van der Waals surface area contributed by atoms with Gasteiger partial charge in [-0.05, 0) is 13.8 Å². The Hall–Kier alpha value is -2.17. The molecule has 1 aromatic heterocycles. The summed E-state index contributed by atoms with van der Waals surface area (Å²) < 4.78 is 93.5. The van der Waals surface area contributed by atoms with Crippen LogP contribution in [-0.2, 0) is 17.1 Å². The number of hydrogen-bond donors (Lipinski definition) is 1. The van der Waals surface area contributed by atoms with Crippen LogP contribution < -0.4 is 4.72 Å². The number of benzene rings is 1. The van der Waals surface area contributed by atoms with E-state index in [0.717, 1.165) is 0 Å². The van der Waals surface area contributed by atoms with E-state index in [0.29, 0.717) is 0 Å². The normalized spacial score (nSPS) is 11.8. The Morgan fingerprint density at radius 3 is 1.74 bits per heavy atom. The zero-order valence-electron chi connectivity index (χ0n) is 12.0. The number of nitrogens with zero attached hydrogens (tertiary/aromatic N) is 2. The SMILES string of the molecule is Cc1nn(C)c(C)c1S(=O)(=O)Nc1c(F)c(F)c(F)c(F)c1F. The summed E-state index contributed by atoms with van der Waals surface area (Å²) in [7, 11) is -3.18. The summed E-state index contributed by atoms with van der Waals surface area (Å²) in [5.41, 5.74) is -1.52. The van der Waals surface area contributed by atoms with Crippen molar-refractivity contribution in [3.8, 4) is 0 Å². The van der Waals surface area contributed by atoms with E-state index < -0.39 is 49.7 Å². The molecule has 0 fully saturated rings. The van der Waals surface area contributed by atoms with Crippen LogP contribution in [0, 0.1) is 42.9 Å². The van der Waals surface area contributed by atoms with E-state index in [4.69, 9.17) is 0 Å². The van der Waals surface area contributed by atoms with Gasteiger partial charge < -0.3 is 0 Å². The standard InChI is InChI=1S/C12H10F5N3O2S/c1-4-12(5(2)20(3)18-4)23(21,22)19-11-9(16)7(14)6(13)8(15)10(11)17/h19H,1-3H3. The molecular weight excluding hydrogens is 345 g/mol. The van der Waals surface area contributed by atoms with Crippen LogP contribution in [0.15, 0.2) is 4.90 Å². The molecule has 126 valence electrons. The van der Waals surface area contributed by atoms with E-state index in [1.54, 1.807) is 0 Å². The average molecular weight is 355 g/mol. The van der Waals surface area contributed by atoms with Crippen LogP contribution in [0.5, 0.6) is 0 Å². The summed E-state index contributed by atoms with van der Waals surface area (Å²) in [5, 5.41) is 3.81. The summed E-state index contributed by atoms with van der Waals surface area (Å²) in [6, 6.07) is 0. The van der Waals surface area contributed by atoms with Gasteiger partial charge in [-0.15, -0.1) is 0 Å². The maximum absolute atomic E-state index is 13.6. The highest BCUT2D eigenvalue weighted by Crippen LogP contribution is 2.30. The molecule has 1 N–H and O–H groups in total. The summed E-state index contributed by atoms with van der Waals surface area (Å²) in [4.78, 5) is -0.413. The van der Waals surface area contributed by atoms with Crippen molar-refractivity contribution in [1.82, 2.24) is 9.78 Å². The molecule has 0 saturated carbocycles. The van der Waals surface area contributed by atoms with Gasteiger partial charge in [-0.2, -0.15) is 5.10 Å². The molecule has 0 aliphatic heterocycles. The van der Waals surface area contributed by atoms with Crippen LogP contribution in [0.1, 0.15) is 11.4 Å². The summed E-state index contributed by atoms with van der Waals surface area (Å²) in [6.07, 6.45) is 0.